The van der Waals surface area contributed by atoms with Crippen LogP contribution in [0.25, 0.3) is 27.9 Å². The van der Waals surface area contributed by atoms with Gasteiger partial charge in [-0.05, 0) is 29.3 Å². The lowest BCUT2D eigenvalue weighted by molar-refractivity contribution is 0.476. The Morgan fingerprint density at radius 3 is 2.29 bits per heavy atom. The summed E-state index contributed by atoms with van der Waals surface area (Å²) >= 11 is -0.233. The van der Waals surface area contributed by atoms with Crippen molar-refractivity contribution in [3.05, 3.63) is 67.1 Å². The molecule has 6 nitrogen and oxygen atoms in total. The molecule has 1 fully saturated rings. The summed E-state index contributed by atoms with van der Waals surface area (Å²) in [5, 5.41) is 7.98. The zero-order valence-electron chi connectivity index (χ0n) is 21.8. The Morgan fingerprint density at radius 2 is 1.60 bits per heavy atom. The Kier molecular flexibility index (Phi) is 10.1. The highest BCUT2D eigenvalue weighted by atomic mass is 32.2. The van der Waals surface area contributed by atoms with E-state index < -0.39 is 0 Å². The molecule has 1 unspecified atom stereocenters. The third kappa shape index (κ3) is 6.23. The van der Waals surface area contributed by atoms with E-state index in [0.29, 0.717) is 0 Å². The van der Waals surface area contributed by atoms with Crippen LogP contribution < -0.4 is 10.2 Å². The molecule has 2 aromatic carbocycles. The molecule has 7 heteroatoms. The highest BCUT2D eigenvalue weighted by Crippen LogP contribution is 2.28. The van der Waals surface area contributed by atoms with Crippen molar-refractivity contribution in [3.63, 3.8) is 0 Å². The molecule has 1 atom stereocenters. The molecule has 3 heterocycles. The minimum absolute atomic E-state index is 0.233. The van der Waals surface area contributed by atoms with Gasteiger partial charge in [0.05, 0.1) is 13.3 Å². The molecule has 1 aliphatic rings. The van der Waals surface area contributed by atoms with Crippen LogP contribution in [-0.2, 0) is 15.4 Å². The first-order valence-corrected chi connectivity index (χ1v) is 14.0. The summed E-state index contributed by atoms with van der Waals surface area (Å²) in [6.45, 7) is 12.2. The van der Waals surface area contributed by atoms with Crippen LogP contribution in [0.15, 0.2) is 72.0 Å². The first kappa shape index (κ1) is 26.7. The number of hydrogen-bond donors (Lipinski definition) is 1. The van der Waals surface area contributed by atoms with E-state index in [2.05, 4.69) is 76.3 Å². The SMILES string of the molecule is CC.CC.CO[S+](C)c1cccc(-c2cnn3cc(-c4ccc(N5CCNCC5)cc4)cnc23)c1. The van der Waals surface area contributed by atoms with Crippen molar-refractivity contribution in [2.75, 3.05) is 44.4 Å². The van der Waals surface area contributed by atoms with Crippen LogP contribution in [0.1, 0.15) is 27.7 Å². The number of nitrogens with zero attached hydrogens (tertiary/aromatic N) is 4. The maximum atomic E-state index is 5.49. The highest BCUT2D eigenvalue weighted by Gasteiger charge is 2.18. The number of piperazine rings is 1. The lowest BCUT2D eigenvalue weighted by Gasteiger charge is -2.29. The Labute approximate surface area is 212 Å². The van der Waals surface area contributed by atoms with Gasteiger partial charge in [0, 0.05) is 61.5 Å². The maximum Gasteiger partial charge on any atom is 0.190 e. The average molecular weight is 493 g/mol. The first-order valence-electron chi connectivity index (χ1n) is 12.4. The van der Waals surface area contributed by atoms with Crippen LogP contribution in [0.3, 0.4) is 0 Å². The number of hydrogen-bond acceptors (Lipinski definition) is 5. The number of nitrogens with one attached hydrogen (secondary N) is 1. The van der Waals surface area contributed by atoms with E-state index in [1.165, 1.54) is 10.6 Å². The predicted octanol–water partition coefficient (Wildman–Crippen LogP) is 5.69. The lowest BCUT2D eigenvalue weighted by atomic mass is 10.1. The van der Waals surface area contributed by atoms with Crippen molar-refractivity contribution in [1.82, 2.24) is 19.9 Å². The molecule has 0 bridgehead atoms. The van der Waals surface area contributed by atoms with E-state index in [9.17, 15) is 0 Å². The molecule has 0 radical (unpaired) electrons. The fourth-order valence-electron chi connectivity index (χ4n) is 3.95. The van der Waals surface area contributed by atoms with Gasteiger partial charge in [-0.2, -0.15) is 9.28 Å². The molecular weight excluding hydrogens is 454 g/mol. The van der Waals surface area contributed by atoms with E-state index >= 15 is 0 Å². The summed E-state index contributed by atoms with van der Waals surface area (Å²) < 4.78 is 7.36. The quantitative estimate of drug-likeness (QED) is 0.363. The third-order valence-corrected chi connectivity index (χ3v) is 7.18. The molecule has 2 aromatic heterocycles. The standard InChI is InChI=1S/C24H26N5OS.2C2H6/c1-30-31(2)22-5-3-4-19(14-22)23-16-27-29-17-20(15-26-24(23)29)18-6-8-21(9-7-18)28-12-10-25-11-13-28;2*1-2/h3-9,14-17,25H,10-13H2,1-2H3;2*1-2H3/q+1;;. The summed E-state index contributed by atoms with van der Waals surface area (Å²) in [7, 11) is 1.74. The van der Waals surface area contributed by atoms with Gasteiger partial charge in [-0.25, -0.2) is 9.50 Å². The molecule has 0 amide bonds. The van der Waals surface area contributed by atoms with Crippen molar-refractivity contribution in [2.24, 2.45) is 0 Å². The summed E-state index contributed by atoms with van der Waals surface area (Å²) in [6.07, 6.45) is 7.95. The lowest BCUT2D eigenvalue weighted by Crippen LogP contribution is -2.43. The van der Waals surface area contributed by atoms with Gasteiger partial charge in [-0.3, -0.25) is 0 Å². The van der Waals surface area contributed by atoms with Gasteiger partial charge in [0.15, 0.2) is 21.7 Å². The van der Waals surface area contributed by atoms with Crippen LogP contribution in [0.2, 0.25) is 0 Å². The fourth-order valence-corrected chi connectivity index (χ4v) is 4.71. The minimum atomic E-state index is -0.233. The summed E-state index contributed by atoms with van der Waals surface area (Å²) in [5.74, 6) is 0. The van der Waals surface area contributed by atoms with Gasteiger partial charge in [-0.15, -0.1) is 0 Å². The fraction of sp³-hybridized carbons (Fsp3) is 0.357. The second-order valence-corrected chi connectivity index (χ2v) is 9.31. The summed E-state index contributed by atoms with van der Waals surface area (Å²) in [4.78, 5) is 8.34. The van der Waals surface area contributed by atoms with Crippen LogP contribution in [0, 0.1) is 0 Å². The second-order valence-electron chi connectivity index (χ2n) is 7.60. The van der Waals surface area contributed by atoms with Crippen LogP contribution in [0.5, 0.6) is 0 Å². The third-order valence-electron chi connectivity index (χ3n) is 5.77. The van der Waals surface area contributed by atoms with Crippen molar-refractivity contribution >= 4 is 22.5 Å². The number of rotatable bonds is 5. The Balaban J connectivity index is 0.000000815. The van der Waals surface area contributed by atoms with Crippen LogP contribution in [0.4, 0.5) is 5.69 Å². The van der Waals surface area contributed by atoms with E-state index in [-0.39, 0.29) is 11.2 Å². The highest BCUT2D eigenvalue weighted by molar-refractivity contribution is 7.91. The molecule has 186 valence electrons. The topological polar surface area (TPSA) is 54.7 Å². The molecule has 0 aliphatic carbocycles. The number of fused-ring (bicyclic) bond motifs is 1. The van der Waals surface area contributed by atoms with Crippen LogP contribution >= 0.6 is 0 Å². The molecule has 1 aliphatic heterocycles. The summed E-state index contributed by atoms with van der Waals surface area (Å²) in [5.41, 5.74) is 6.44. The monoisotopic (exact) mass is 492 g/mol. The minimum Gasteiger partial charge on any atom is -0.369 e. The second kappa shape index (κ2) is 13.3. The normalized spacial score (nSPS) is 13.9. The van der Waals surface area contributed by atoms with Crippen molar-refractivity contribution < 1.29 is 4.18 Å². The Hall–Kier alpha value is -2.87. The molecule has 0 spiro atoms. The van der Waals surface area contributed by atoms with Gasteiger partial charge in [0.2, 0.25) is 0 Å². The van der Waals surface area contributed by atoms with Crippen molar-refractivity contribution in [1.29, 1.82) is 0 Å². The van der Waals surface area contributed by atoms with Gasteiger partial charge < -0.3 is 10.2 Å². The summed E-state index contributed by atoms with van der Waals surface area (Å²) in [6, 6.07) is 17.1. The number of anilines is 1. The molecule has 5 rings (SSSR count). The molecule has 35 heavy (non-hydrogen) atoms. The zero-order valence-corrected chi connectivity index (χ0v) is 22.6. The largest absolute Gasteiger partial charge is 0.369 e. The predicted molar refractivity (Wildman–Crippen MR) is 150 cm³/mol. The molecule has 1 saturated heterocycles. The molecule has 4 aromatic rings. The van der Waals surface area contributed by atoms with Gasteiger partial charge >= 0.3 is 0 Å². The number of benzene rings is 2. The van der Waals surface area contributed by atoms with E-state index in [1.54, 1.807) is 7.11 Å². The average Bonchev–Trinajstić information content (AvgIpc) is 3.39. The van der Waals surface area contributed by atoms with Gasteiger partial charge in [-0.1, -0.05) is 52.0 Å². The van der Waals surface area contributed by atoms with E-state index in [0.717, 1.165) is 54.1 Å². The van der Waals surface area contributed by atoms with E-state index in [1.807, 2.05) is 44.6 Å². The van der Waals surface area contributed by atoms with Gasteiger partial charge in [0.1, 0.15) is 6.26 Å². The maximum absolute atomic E-state index is 5.49. The molecule has 1 N–H and O–H groups in total. The molecular formula is C28H38N5OS+. The van der Waals surface area contributed by atoms with E-state index in [4.69, 9.17) is 9.17 Å². The number of aromatic nitrogens is 3. The van der Waals surface area contributed by atoms with Gasteiger partial charge in [0.25, 0.3) is 0 Å². The first-order chi connectivity index (χ1) is 17.2. The smallest absolute Gasteiger partial charge is 0.190 e. The van der Waals surface area contributed by atoms with Crippen molar-refractivity contribution in [2.45, 2.75) is 32.6 Å². The van der Waals surface area contributed by atoms with Crippen molar-refractivity contribution in [3.8, 4) is 22.3 Å². The van der Waals surface area contributed by atoms with Crippen LogP contribution in [-0.4, -0.2) is 54.1 Å². The Bertz CT molecular complexity index is 1190. The zero-order chi connectivity index (χ0) is 25.2. The molecule has 0 saturated carbocycles. The Morgan fingerprint density at radius 1 is 0.886 bits per heavy atom.